The minimum atomic E-state index is -1.91. The first-order chi connectivity index (χ1) is 10.7. The molecule has 1 aliphatic rings. The van der Waals surface area contributed by atoms with Crippen LogP contribution < -0.4 is 11.1 Å². The van der Waals surface area contributed by atoms with Gasteiger partial charge < -0.3 is 20.2 Å². The predicted molar refractivity (Wildman–Crippen MR) is 102 cm³/mol. The summed E-state index contributed by atoms with van der Waals surface area (Å²) in [6.07, 6.45) is 2.47. The monoisotopic (exact) mass is 358 g/mol. The molecule has 0 heterocycles. The van der Waals surface area contributed by atoms with Gasteiger partial charge in [0.15, 0.2) is 8.32 Å². The van der Waals surface area contributed by atoms with Crippen molar-refractivity contribution in [2.75, 3.05) is 6.54 Å². The fraction of sp³-hybridized carbons (Fsp3) is 0.944. The second kappa shape index (κ2) is 7.75. The highest BCUT2D eigenvalue weighted by Crippen LogP contribution is 2.39. The Hall–Kier alpha value is -0.593. The average molecular weight is 359 g/mol. The van der Waals surface area contributed by atoms with Crippen LogP contribution in [0.4, 0.5) is 4.79 Å². The number of hydrogen-bond acceptors (Lipinski definition) is 4. The Labute approximate surface area is 149 Å². The first-order valence-corrected chi connectivity index (χ1v) is 12.0. The molecule has 5 nitrogen and oxygen atoms in total. The molecule has 0 bridgehead atoms. The SMILES string of the molecule is CC(C)(C)OC(=O)NC1CCC(CN)CC1O[Si](C)(C)C(C)(C)C. The molecule has 0 aromatic rings. The van der Waals surface area contributed by atoms with Crippen molar-refractivity contribution in [3.05, 3.63) is 0 Å². The van der Waals surface area contributed by atoms with Gasteiger partial charge in [-0.25, -0.2) is 4.79 Å². The number of nitrogens with one attached hydrogen (secondary N) is 1. The van der Waals surface area contributed by atoms with Crippen LogP contribution in [0.15, 0.2) is 0 Å². The lowest BCUT2D eigenvalue weighted by atomic mass is 9.84. The van der Waals surface area contributed by atoms with Crippen molar-refractivity contribution in [2.24, 2.45) is 11.7 Å². The van der Waals surface area contributed by atoms with Crippen molar-refractivity contribution >= 4 is 14.4 Å². The molecule has 3 unspecified atom stereocenters. The zero-order chi connectivity index (χ0) is 18.8. The second-order valence-corrected chi connectivity index (χ2v) is 14.3. The summed E-state index contributed by atoms with van der Waals surface area (Å²) in [4.78, 5) is 12.2. The van der Waals surface area contributed by atoms with Gasteiger partial charge in [-0.15, -0.1) is 0 Å². The van der Waals surface area contributed by atoms with Crippen molar-refractivity contribution in [3.8, 4) is 0 Å². The van der Waals surface area contributed by atoms with Crippen molar-refractivity contribution < 1.29 is 14.0 Å². The molecule has 1 fully saturated rings. The van der Waals surface area contributed by atoms with Crippen LogP contribution in [-0.2, 0) is 9.16 Å². The number of ether oxygens (including phenoxy) is 1. The van der Waals surface area contributed by atoms with Gasteiger partial charge in [0, 0.05) is 0 Å². The van der Waals surface area contributed by atoms with Gasteiger partial charge in [0.2, 0.25) is 0 Å². The average Bonchev–Trinajstić information content (AvgIpc) is 2.36. The van der Waals surface area contributed by atoms with Crippen molar-refractivity contribution in [1.82, 2.24) is 5.32 Å². The van der Waals surface area contributed by atoms with E-state index in [9.17, 15) is 4.79 Å². The minimum absolute atomic E-state index is 0.00299. The van der Waals surface area contributed by atoms with Crippen LogP contribution >= 0.6 is 0 Å². The molecule has 1 rings (SSSR count). The van der Waals surface area contributed by atoms with E-state index >= 15 is 0 Å². The summed E-state index contributed by atoms with van der Waals surface area (Å²) >= 11 is 0. The van der Waals surface area contributed by atoms with Gasteiger partial charge in [-0.05, 0) is 70.6 Å². The van der Waals surface area contributed by atoms with Crippen LogP contribution in [0, 0.1) is 5.92 Å². The summed E-state index contributed by atoms with van der Waals surface area (Å²) < 4.78 is 12.1. The third kappa shape index (κ3) is 6.37. The lowest BCUT2D eigenvalue weighted by Crippen LogP contribution is -2.55. The molecule has 6 heteroatoms. The van der Waals surface area contributed by atoms with E-state index in [0.717, 1.165) is 19.3 Å². The minimum Gasteiger partial charge on any atom is -0.444 e. The maximum atomic E-state index is 12.2. The van der Waals surface area contributed by atoms with Gasteiger partial charge in [-0.2, -0.15) is 0 Å². The molecule has 24 heavy (non-hydrogen) atoms. The molecule has 1 amide bonds. The summed E-state index contributed by atoms with van der Waals surface area (Å²) in [6, 6.07) is -0.00299. The molecule has 0 aromatic carbocycles. The Bertz CT molecular complexity index is 427. The predicted octanol–water partition coefficient (Wildman–Crippen LogP) is 4.03. The van der Waals surface area contributed by atoms with Gasteiger partial charge in [0.1, 0.15) is 5.60 Å². The van der Waals surface area contributed by atoms with E-state index in [1.54, 1.807) is 0 Å². The van der Waals surface area contributed by atoms with E-state index in [2.05, 4.69) is 39.2 Å². The third-order valence-corrected chi connectivity index (χ3v) is 9.69. The van der Waals surface area contributed by atoms with Crippen LogP contribution in [0.25, 0.3) is 0 Å². The highest BCUT2D eigenvalue weighted by molar-refractivity contribution is 6.74. The molecule has 0 aliphatic heterocycles. The van der Waals surface area contributed by atoms with E-state index in [1.807, 2.05) is 20.8 Å². The summed E-state index contributed by atoms with van der Waals surface area (Å²) in [6.45, 7) is 17.5. The van der Waals surface area contributed by atoms with Crippen LogP contribution in [0.1, 0.15) is 60.8 Å². The first-order valence-electron chi connectivity index (χ1n) is 9.12. The zero-order valence-corrected chi connectivity index (χ0v) is 17.9. The molecule has 0 spiro atoms. The number of amides is 1. The molecular weight excluding hydrogens is 320 g/mol. The molecular formula is C18H38N2O3Si. The lowest BCUT2D eigenvalue weighted by Gasteiger charge is -2.44. The zero-order valence-electron chi connectivity index (χ0n) is 16.9. The normalized spacial score (nSPS) is 26.1. The maximum Gasteiger partial charge on any atom is 0.407 e. The van der Waals surface area contributed by atoms with Crippen molar-refractivity contribution in [2.45, 2.75) is 96.7 Å². The van der Waals surface area contributed by atoms with Crippen LogP contribution in [-0.4, -0.2) is 38.7 Å². The summed E-state index contributed by atoms with van der Waals surface area (Å²) in [5.74, 6) is 0.469. The molecule has 142 valence electrons. The van der Waals surface area contributed by atoms with Gasteiger partial charge in [-0.1, -0.05) is 20.8 Å². The van der Waals surface area contributed by atoms with Gasteiger partial charge in [0.25, 0.3) is 0 Å². The van der Waals surface area contributed by atoms with E-state index in [-0.39, 0.29) is 23.3 Å². The van der Waals surface area contributed by atoms with Gasteiger partial charge in [0.05, 0.1) is 12.1 Å². The van der Waals surface area contributed by atoms with E-state index in [1.165, 1.54) is 0 Å². The van der Waals surface area contributed by atoms with E-state index in [0.29, 0.717) is 12.5 Å². The number of alkyl carbamates (subject to hydrolysis) is 1. The fourth-order valence-corrected chi connectivity index (χ4v) is 4.11. The van der Waals surface area contributed by atoms with Crippen LogP contribution in [0.2, 0.25) is 18.1 Å². The molecule has 3 atom stereocenters. The molecule has 0 aromatic heterocycles. The van der Waals surface area contributed by atoms with E-state index in [4.69, 9.17) is 14.9 Å². The van der Waals surface area contributed by atoms with Crippen LogP contribution in [0.5, 0.6) is 0 Å². The standard InChI is InChI=1S/C18H38N2O3Si/c1-17(2,3)22-16(21)20-14-10-9-13(12-19)11-15(14)23-24(7,8)18(4,5)6/h13-15H,9-12,19H2,1-8H3,(H,20,21). The molecule has 3 N–H and O–H groups in total. The fourth-order valence-electron chi connectivity index (χ4n) is 2.74. The van der Waals surface area contributed by atoms with E-state index < -0.39 is 13.9 Å². The quantitative estimate of drug-likeness (QED) is 0.744. The Kier molecular flexibility index (Phi) is 6.92. The lowest BCUT2D eigenvalue weighted by molar-refractivity contribution is 0.0333. The largest absolute Gasteiger partial charge is 0.444 e. The second-order valence-electron chi connectivity index (χ2n) is 9.58. The number of hydrogen-bond donors (Lipinski definition) is 2. The molecule has 0 saturated heterocycles. The summed E-state index contributed by atoms with van der Waals surface area (Å²) in [5, 5.41) is 3.18. The Morgan fingerprint density at radius 2 is 1.75 bits per heavy atom. The summed E-state index contributed by atoms with van der Waals surface area (Å²) in [5.41, 5.74) is 5.40. The highest BCUT2D eigenvalue weighted by Gasteiger charge is 2.42. The smallest absolute Gasteiger partial charge is 0.407 e. The topological polar surface area (TPSA) is 73.6 Å². The summed E-state index contributed by atoms with van der Waals surface area (Å²) in [7, 11) is -1.91. The third-order valence-electron chi connectivity index (χ3n) is 5.19. The molecule has 0 radical (unpaired) electrons. The van der Waals surface area contributed by atoms with Gasteiger partial charge in [-0.3, -0.25) is 0 Å². The van der Waals surface area contributed by atoms with Crippen molar-refractivity contribution in [3.63, 3.8) is 0 Å². The molecule has 1 saturated carbocycles. The maximum absolute atomic E-state index is 12.2. The Balaban J connectivity index is 2.82. The molecule has 1 aliphatic carbocycles. The number of carbonyl (C=O) groups excluding carboxylic acids is 1. The number of rotatable bonds is 4. The first kappa shape index (κ1) is 21.4. The van der Waals surface area contributed by atoms with Crippen LogP contribution in [0.3, 0.4) is 0 Å². The Morgan fingerprint density at radius 3 is 2.21 bits per heavy atom. The number of nitrogens with two attached hydrogens (primary N) is 1. The van der Waals surface area contributed by atoms with Crippen molar-refractivity contribution in [1.29, 1.82) is 0 Å². The van der Waals surface area contributed by atoms with Gasteiger partial charge >= 0.3 is 6.09 Å². The Morgan fingerprint density at radius 1 is 1.17 bits per heavy atom. The number of carbonyl (C=O) groups is 1. The highest BCUT2D eigenvalue weighted by atomic mass is 28.4.